The van der Waals surface area contributed by atoms with Gasteiger partial charge in [-0.05, 0) is 24.3 Å². The fourth-order valence-electron chi connectivity index (χ4n) is 3.54. The lowest BCUT2D eigenvalue weighted by Crippen LogP contribution is -2.48. The lowest BCUT2D eigenvalue weighted by Gasteiger charge is -2.33. The van der Waals surface area contributed by atoms with Gasteiger partial charge in [-0.1, -0.05) is 30.3 Å². The number of fused-ring (bicyclic) bond motifs is 1. The molecule has 3 heterocycles. The van der Waals surface area contributed by atoms with Crippen molar-refractivity contribution in [1.82, 2.24) is 4.98 Å². The van der Waals surface area contributed by atoms with Gasteiger partial charge >= 0.3 is 15.8 Å². The molecular weight excluding hydrogens is 324 g/mol. The molecule has 1 fully saturated rings. The average Bonchev–Trinajstić information content (AvgIpc) is 2.61. The van der Waals surface area contributed by atoms with Crippen LogP contribution in [0.4, 0.5) is 11.6 Å². The SMILES string of the molecule is O=S1(=O)CC[n+]2ccnc(N3CCC(c4ccccc4)CC3)c2N1. The lowest BCUT2D eigenvalue weighted by atomic mass is 9.89. The summed E-state index contributed by atoms with van der Waals surface area (Å²) in [6, 6.07) is 10.6. The zero-order valence-electron chi connectivity index (χ0n) is 13.4. The van der Waals surface area contributed by atoms with E-state index < -0.39 is 10.0 Å². The minimum atomic E-state index is -3.25. The van der Waals surface area contributed by atoms with Gasteiger partial charge in [0, 0.05) is 13.1 Å². The molecule has 1 N–H and O–H groups in total. The van der Waals surface area contributed by atoms with Crippen LogP contribution < -0.4 is 14.2 Å². The third-order valence-electron chi connectivity index (χ3n) is 4.86. The van der Waals surface area contributed by atoms with Gasteiger partial charge in [0.2, 0.25) is 5.82 Å². The van der Waals surface area contributed by atoms with Crippen LogP contribution in [0.1, 0.15) is 24.3 Å². The number of benzene rings is 1. The molecule has 0 aliphatic carbocycles. The molecule has 2 aliphatic rings. The van der Waals surface area contributed by atoms with Crippen molar-refractivity contribution in [2.24, 2.45) is 0 Å². The molecule has 126 valence electrons. The predicted molar refractivity (Wildman–Crippen MR) is 92.5 cm³/mol. The van der Waals surface area contributed by atoms with E-state index in [1.807, 2.05) is 16.8 Å². The van der Waals surface area contributed by atoms with Crippen molar-refractivity contribution in [2.45, 2.75) is 25.3 Å². The Morgan fingerprint density at radius 3 is 2.67 bits per heavy atom. The first kappa shape index (κ1) is 15.4. The van der Waals surface area contributed by atoms with Crippen LogP contribution in [0.5, 0.6) is 0 Å². The number of rotatable bonds is 2. The van der Waals surface area contributed by atoms with Crippen molar-refractivity contribution in [2.75, 3.05) is 28.5 Å². The third kappa shape index (κ3) is 2.96. The van der Waals surface area contributed by atoms with E-state index in [4.69, 9.17) is 0 Å². The summed E-state index contributed by atoms with van der Waals surface area (Å²) >= 11 is 0. The molecule has 1 saturated heterocycles. The zero-order valence-corrected chi connectivity index (χ0v) is 14.2. The lowest BCUT2D eigenvalue weighted by molar-refractivity contribution is -0.679. The molecular formula is C17H21N4O2S+. The van der Waals surface area contributed by atoms with Crippen molar-refractivity contribution in [3.63, 3.8) is 0 Å². The zero-order chi connectivity index (χ0) is 16.6. The van der Waals surface area contributed by atoms with Crippen molar-refractivity contribution < 1.29 is 13.0 Å². The Balaban J connectivity index is 1.55. The van der Waals surface area contributed by atoms with Crippen LogP contribution in [0, 0.1) is 0 Å². The molecule has 0 radical (unpaired) electrons. The van der Waals surface area contributed by atoms with Crippen LogP contribution >= 0.6 is 0 Å². The number of nitrogens with one attached hydrogen (secondary N) is 1. The highest BCUT2D eigenvalue weighted by Gasteiger charge is 2.33. The van der Waals surface area contributed by atoms with Gasteiger partial charge in [-0.15, -0.1) is 0 Å². The Labute approximate surface area is 142 Å². The molecule has 0 amide bonds. The molecule has 2 aromatic rings. The largest absolute Gasteiger partial charge is 0.350 e. The summed E-state index contributed by atoms with van der Waals surface area (Å²) in [6.45, 7) is 2.23. The highest BCUT2D eigenvalue weighted by molar-refractivity contribution is 7.92. The number of hydrogen-bond donors (Lipinski definition) is 1. The van der Waals surface area contributed by atoms with Gasteiger partial charge in [0.25, 0.3) is 0 Å². The van der Waals surface area contributed by atoms with E-state index in [9.17, 15) is 8.42 Å². The molecule has 0 atom stereocenters. The number of sulfonamides is 1. The van der Waals surface area contributed by atoms with Gasteiger partial charge in [0.15, 0.2) is 0 Å². The van der Waals surface area contributed by atoms with Gasteiger partial charge in [-0.3, -0.25) is 0 Å². The quantitative estimate of drug-likeness (QED) is 0.838. The summed E-state index contributed by atoms with van der Waals surface area (Å²) in [4.78, 5) is 6.65. The van der Waals surface area contributed by atoms with Gasteiger partial charge in [-0.25, -0.2) is 9.55 Å². The first-order valence-corrected chi connectivity index (χ1v) is 9.96. The fraction of sp³-hybridized carbons (Fsp3) is 0.412. The minimum absolute atomic E-state index is 0.115. The first-order chi connectivity index (χ1) is 11.6. The Kier molecular flexibility index (Phi) is 3.88. The maximum absolute atomic E-state index is 11.9. The van der Waals surface area contributed by atoms with Gasteiger partial charge in [0.05, 0.1) is 6.20 Å². The van der Waals surface area contributed by atoms with Gasteiger partial charge < -0.3 is 4.90 Å². The first-order valence-electron chi connectivity index (χ1n) is 8.31. The van der Waals surface area contributed by atoms with Crippen molar-refractivity contribution in [3.05, 3.63) is 48.3 Å². The van der Waals surface area contributed by atoms with Crippen molar-refractivity contribution in [1.29, 1.82) is 0 Å². The Hall–Kier alpha value is -2.15. The van der Waals surface area contributed by atoms with E-state index in [1.54, 1.807) is 6.20 Å². The molecule has 1 aromatic carbocycles. The van der Waals surface area contributed by atoms with E-state index in [0.29, 0.717) is 18.3 Å². The summed E-state index contributed by atoms with van der Waals surface area (Å²) in [5, 5.41) is 0. The van der Waals surface area contributed by atoms with Crippen LogP contribution in [-0.4, -0.2) is 32.2 Å². The summed E-state index contributed by atoms with van der Waals surface area (Å²) in [5.41, 5.74) is 1.38. The fourth-order valence-corrected chi connectivity index (χ4v) is 4.58. The molecule has 1 aromatic heterocycles. The average molecular weight is 345 g/mol. The molecule has 0 spiro atoms. The van der Waals surface area contributed by atoms with Crippen LogP contribution in [0.2, 0.25) is 0 Å². The number of aromatic nitrogens is 2. The second-order valence-electron chi connectivity index (χ2n) is 6.39. The second-order valence-corrected chi connectivity index (χ2v) is 8.23. The molecule has 6 nitrogen and oxygen atoms in total. The smallest absolute Gasteiger partial charge is 0.333 e. The van der Waals surface area contributed by atoms with Gasteiger partial charge in [0.1, 0.15) is 18.5 Å². The second kappa shape index (κ2) is 6.05. The van der Waals surface area contributed by atoms with E-state index in [1.165, 1.54) is 5.56 Å². The predicted octanol–water partition coefficient (Wildman–Crippen LogP) is 1.51. The number of aryl methyl sites for hydroxylation is 1. The summed E-state index contributed by atoms with van der Waals surface area (Å²) < 4.78 is 28.4. The van der Waals surface area contributed by atoms with E-state index >= 15 is 0 Å². The number of hydrogen-bond acceptors (Lipinski definition) is 4. The minimum Gasteiger partial charge on any atom is -0.350 e. The van der Waals surface area contributed by atoms with Gasteiger partial charge in [-0.2, -0.15) is 13.1 Å². The summed E-state index contributed by atoms with van der Waals surface area (Å²) in [5.74, 6) is 2.02. The highest BCUT2D eigenvalue weighted by atomic mass is 32.2. The Morgan fingerprint density at radius 1 is 1.17 bits per heavy atom. The Morgan fingerprint density at radius 2 is 1.92 bits per heavy atom. The standard InChI is InChI=1S/C17H20N4O2S/c22-24(23)13-12-21-11-8-18-16(17(21)19-24)20-9-6-15(7-10-20)14-4-2-1-3-5-14/h1-5,8,11,15H,6-7,9-10,12-13H2/p+1. The number of piperidine rings is 1. The molecule has 0 saturated carbocycles. The molecule has 2 aliphatic heterocycles. The van der Waals surface area contributed by atoms with Crippen LogP contribution in [0.15, 0.2) is 42.7 Å². The summed E-state index contributed by atoms with van der Waals surface area (Å²) in [7, 11) is -3.25. The topological polar surface area (TPSA) is 66.2 Å². The molecule has 24 heavy (non-hydrogen) atoms. The monoisotopic (exact) mass is 345 g/mol. The van der Waals surface area contributed by atoms with Crippen molar-refractivity contribution >= 4 is 21.7 Å². The third-order valence-corrected chi connectivity index (χ3v) is 6.09. The highest BCUT2D eigenvalue weighted by Crippen LogP contribution is 2.32. The molecule has 0 bridgehead atoms. The van der Waals surface area contributed by atoms with E-state index in [2.05, 4.69) is 38.9 Å². The van der Waals surface area contributed by atoms with E-state index in [0.717, 1.165) is 31.7 Å². The molecule has 4 rings (SSSR count). The van der Waals surface area contributed by atoms with Crippen LogP contribution in [-0.2, 0) is 16.6 Å². The maximum atomic E-state index is 11.9. The molecule has 7 heteroatoms. The number of anilines is 2. The number of nitrogens with zero attached hydrogens (tertiary/aromatic N) is 3. The van der Waals surface area contributed by atoms with E-state index in [-0.39, 0.29) is 5.75 Å². The van der Waals surface area contributed by atoms with Crippen molar-refractivity contribution in [3.8, 4) is 0 Å². The summed E-state index contributed by atoms with van der Waals surface area (Å²) in [6.07, 6.45) is 5.68. The van der Waals surface area contributed by atoms with Crippen LogP contribution in [0.25, 0.3) is 0 Å². The maximum Gasteiger partial charge on any atom is 0.333 e. The molecule has 0 unspecified atom stereocenters. The van der Waals surface area contributed by atoms with Crippen LogP contribution in [0.3, 0.4) is 0 Å². The Bertz CT molecular complexity index is 831. The normalized spacial score (nSPS) is 20.2.